The quantitative estimate of drug-likeness (QED) is 0.771. The Balaban J connectivity index is 1.63. The Kier molecular flexibility index (Phi) is 3.96. The Morgan fingerprint density at radius 1 is 1.31 bits per heavy atom. The van der Waals surface area contributed by atoms with Gasteiger partial charge in [0.25, 0.3) is 0 Å². The largest absolute Gasteiger partial charge is 0.378 e. The van der Waals surface area contributed by atoms with Crippen LogP contribution in [0.4, 0.5) is 0 Å². The number of hydrogen-bond donors (Lipinski definition) is 1. The van der Waals surface area contributed by atoms with Gasteiger partial charge in [-0.15, -0.1) is 0 Å². The smallest absolute Gasteiger partial charge is 0.0663 e. The van der Waals surface area contributed by atoms with Crippen molar-refractivity contribution in [2.75, 3.05) is 13.2 Å². The van der Waals surface area contributed by atoms with Crippen LogP contribution in [0.5, 0.6) is 0 Å². The van der Waals surface area contributed by atoms with Crippen molar-refractivity contribution in [2.45, 2.75) is 44.2 Å². The molecule has 4 nitrogen and oxygen atoms in total. The van der Waals surface area contributed by atoms with Gasteiger partial charge in [0, 0.05) is 17.9 Å². The first-order valence-electron chi connectivity index (χ1n) is 6.13. The summed E-state index contributed by atoms with van der Waals surface area (Å²) in [6, 6.07) is 1.92. The van der Waals surface area contributed by atoms with Gasteiger partial charge in [0.2, 0.25) is 0 Å². The van der Waals surface area contributed by atoms with Crippen molar-refractivity contribution in [2.24, 2.45) is 5.73 Å². The molecule has 90 valence electrons. The highest BCUT2D eigenvalue weighted by molar-refractivity contribution is 4.87. The van der Waals surface area contributed by atoms with Crippen LogP contribution in [0, 0.1) is 0 Å². The Morgan fingerprint density at radius 2 is 2.12 bits per heavy atom. The summed E-state index contributed by atoms with van der Waals surface area (Å²) in [4.78, 5) is 0. The number of nitrogens with two attached hydrogens (primary N) is 1. The van der Waals surface area contributed by atoms with Crippen LogP contribution < -0.4 is 5.73 Å². The highest BCUT2D eigenvalue weighted by Gasteiger charge is 2.27. The van der Waals surface area contributed by atoms with E-state index in [0.717, 1.165) is 19.4 Å². The molecule has 1 aliphatic carbocycles. The van der Waals surface area contributed by atoms with Crippen LogP contribution in [0.1, 0.15) is 32.1 Å². The monoisotopic (exact) mass is 223 g/mol. The van der Waals surface area contributed by atoms with Gasteiger partial charge in [0.05, 0.1) is 19.8 Å². The third kappa shape index (κ3) is 3.32. The zero-order valence-electron chi connectivity index (χ0n) is 9.77. The molecule has 16 heavy (non-hydrogen) atoms. The minimum absolute atomic E-state index is 0.0671. The van der Waals surface area contributed by atoms with E-state index in [-0.39, 0.29) is 5.54 Å². The summed E-state index contributed by atoms with van der Waals surface area (Å²) >= 11 is 0. The van der Waals surface area contributed by atoms with Crippen LogP contribution in [0.25, 0.3) is 0 Å². The van der Waals surface area contributed by atoms with E-state index in [1.54, 1.807) is 6.20 Å². The zero-order valence-corrected chi connectivity index (χ0v) is 9.77. The predicted molar refractivity (Wildman–Crippen MR) is 63.0 cm³/mol. The summed E-state index contributed by atoms with van der Waals surface area (Å²) in [5.74, 6) is 0. The first kappa shape index (κ1) is 11.6. The fourth-order valence-corrected chi connectivity index (χ4v) is 2.27. The summed E-state index contributed by atoms with van der Waals surface area (Å²) in [5, 5.41) is 4.12. The second-order valence-electron chi connectivity index (χ2n) is 4.74. The van der Waals surface area contributed by atoms with Gasteiger partial charge in [-0.25, -0.2) is 0 Å². The minimum atomic E-state index is -0.0671. The molecule has 2 N–H and O–H groups in total. The molecule has 0 saturated heterocycles. The van der Waals surface area contributed by atoms with Crippen LogP contribution in [-0.2, 0) is 11.3 Å². The molecule has 0 unspecified atom stereocenters. The van der Waals surface area contributed by atoms with Gasteiger partial charge in [0.1, 0.15) is 0 Å². The molecule has 1 aromatic rings. The molecule has 1 fully saturated rings. The van der Waals surface area contributed by atoms with E-state index in [0.29, 0.717) is 13.2 Å². The average molecular weight is 223 g/mol. The predicted octanol–water partition coefficient (Wildman–Crippen LogP) is 1.56. The molecule has 4 heteroatoms. The van der Waals surface area contributed by atoms with Crippen LogP contribution in [0.3, 0.4) is 0 Å². The summed E-state index contributed by atoms with van der Waals surface area (Å²) in [7, 11) is 0. The molecule has 0 radical (unpaired) electrons. The molecular formula is C12H21N3O. The van der Waals surface area contributed by atoms with E-state index in [2.05, 4.69) is 5.10 Å². The fraction of sp³-hybridized carbons (Fsp3) is 0.750. The maximum atomic E-state index is 6.27. The summed E-state index contributed by atoms with van der Waals surface area (Å²) < 4.78 is 7.54. The van der Waals surface area contributed by atoms with E-state index in [1.165, 1.54) is 19.3 Å². The van der Waals surface area contributed by atoms with Crippen molar-refractivity contribution in [1.29, 1.82) is 0 Å². The van der Waals surface area contributed by atoms with Gasteiger partial charge in [-0.1, -0.05) is 19.3 Å². The van der Waals surface area contributed by atoms with Crippen LogP contribution in [-0.4, -0.2) is 28.5 Å². The number of aromatic nitrogens is 2. The Bertz CT molecular complexity index is 291. The lowest BCUT2D eigenvalue weighted by Gasteiger charge is -2.32. The molecule has 0 amide bonds. The highest BCUT2D eigenvalue weighted by Crippen LogP contribution is 2.25. The standard InChI is InChI=1S/C12H21N3O/c13-12(5-2-1-3-6-12)11-16-10-9-15-8-4-7-14-15/h4,7-8H,1-3,5-6,9-11,13H2. The number of ether oxygens (including phenoxy) is 1. The van der Waals surface area contributed by atoms with Crippen molar-refractivity contribution in [1.82, 2.24) is 9.78 Å². The molecule has 0 aromatic carbocycles. The van der Waals surface area contributed by atoms with Gasteiger partial charge < -0.3 is 10.5 Å². The third-order valence-corrected chi connectivity index (χ3v) is 3.26. The molecule has 0 atom stereocenters. The molecule has 1 aliphatic rings. The Morgan fingerprint density at radius 3 is 2.81 bits per heavy atom. The van der Waals surface area contributed by atoms with Gasteiger partial charge in [-0.05, 0) is 18.9 Å². The molecule has 0 aliphatic heterocycles. The molecule has 2 rings (SSSR count). The molecular weight excluding hydrogens is 202 g/mol. The van der Waals surface area contributed by atoms with Gasteiger partial charge >= 0.3 is 0 Å². The van der Waals surface area contributed by atoms with Crippen molar-refractivity contribution < 1.29 is 4.74 Å². The number of nitrogens with zero attached hydrogens (tertiary/aromatic N) is 2. The van der Waals surface area contributed by atoms with E-state index in [4.69, 9.17) is 10.5 Å². The number of hydrogen-bond acceptors (Lipinski definition) is 3. The third-order valence-electron chi connectivity index (χ3n) is 3.26. The first-order valence-corrected chi connectivity index (χ1v) is 6.13. The van der Waals surface area contributed by atoms with Gasteiger partial charge in [-0.3, -0.25) is 4.68 Å². The summed E-state index contributed by atoms with van der Waals surface area (Å²) in [6.07, 6.45) is 9.77. The van der Waals surface area contributed by atoms with Gasteiger partial charge in [-0.2, -0.15) is 5.10 Å². The fourth-order valence-electron chi connectivity index (χ4n) is 2.27. The molecule has 0 bridgehead atoms. The second kappa shape index (κ2) is 5.46. The number of rotatable bonds is 5. The molecule has 1 saturated carbocycles. The van der Waals surface area contributed by atoms with E-state index in [1.807, 2.05) is 16.9 Å². The normalized spacial score (nSPS) is 19.8. The molecule has 1 heterocycles. The van der Waals surface area contributed by atoms with Crippen LogP contribution in [0.2, 0.25) is 0 Å². The lowest BCUT2D eigenvalue weighted by molar-refractivity contribution is 0.0619. The highest BCUT2D eigenvalue weighted by atomic mass is 16.5. The lowest BCUT2D eigenvalue weighted by Crippen LogP contribution is -2.46. The Hall–Kier alpha value is -0.870. The van der Waals surface area contributed by atoms with Crippen molar-refractivity contribution in [3.8, 4) is 0 Å². The van der Waals surface area contributed by atoms with Crippen molar-refractivity contribution in [3.63, 3.8) is 0 Å². The summed E-state index contributed by atoms with van der Waals surface area (Å²) in [6.45, 7) is 2.19. The molecule has 0 spiro atoms. The maximum absolute atomic E-state index is 6.27. The van der Waals surface area contributed by atoms with Crippen LogP contribution >= 0.6 is 0 Å². The van der Waals surface area contributed by atoms with Crippen molar-refractivity contribution >= 4 is 0 Å². The second-order valence-corrected chi connectivity index (χ2v) is 4.74. The maximum Gasteiger partial charge on any atom is 0.0663 e. The van der Waals surface area contributed by atoms with E-state index in [9.17, 15) is 0 Å². The zero-order chi connectivity index (χ0) is 11.3. The lowest BCUT2D eigenvalue weighted by atomic mass is 9.83. The average Bonchev–Trinajstić information content (AvgIpc) is 2.78. The Labute approximate surface area is 96.8 Å². The first-order chi connectivity index (χ1) is 7.79. The van der Waals surface area contributed by atoms with Gasteiger partial charge in [0.15, 0.2) is 0 Å². The molecule has 1 aromatic heterocycles. The van der Waals surface area contributed by atoms with E-state index >= 15 is 0 Å². The van der Waals surface area contributed by atoms with Crippen molar-refractivity contribution in [3.05, 3.63) is 18.5 Å². The topological polar surface area (TPSA) is 53.1 Å². The van der Waals surface area contributed by atoms with E-state index < -0.39 is 0 Å². The van der Waals surface area contributed by atoms with Crippen LogP contribution in [0.15, 0.2) is 18.5 Å². The SMILES string of the molecule is NC1(COCCn2cccn2)CCCCC1. The summed E-state index contributed by atoms with van der Waals surface area (Å²) in [5.41, 5.74) is 6.20. The minimum Gasteiger partial charge on any atom is -0.378 e.